The zero-order valence-electron chi connectivity index (χ0n) is 14.1. The first-order valence-electron chi connectivity index (χ1n) is 8.86. The molecule has 2 fully saturated rings. The fourth-order valence-electron chi connectivity index (χ4n) is 4.44. The zero-order chi connectivity index (χ0) is 16.8. The molecule has 3 aromatic rings. The summed E-state index contributed by atoms with van der Waals surface area (Å²) in [7, 11) is 0. The smallest absolute Gasteiger partial charge is 0.280 e. The molecule has 3 atom stereocenters. The summed E-state index contributed by atoms with van der Waals surface area (Å²) in [5.74, 6) is 2.25. The summed E-state index contributed by atoms with van der Waals surface area (Å²) in [4.78, 5) is 11.5. The van der Waals surface area contributed by atoms with Gasteiger partial charge in [0.1, 0.15) is 5.76 Å². The highest BCUT2D eigenvalue weighted by atomic mass is 16.5. The molecular weight excluding hydrogens is 316 g/mol. The number of benzene rings is 1. The maximum Gasteiger partial charge on any atom is 0.280 e. The van der Waals surface area contributed by atoms with Gasteiger partial charge in [-0.25, -0.2) is 4.98 Å². The third kappa shape index (κ3) is 2.40. The molecule has 2 aliphatic heterocycles. The van der Waals surface area contributed by atoms with Crippen LogP contribution < -0.4 is 0 Å². The average molecular weight is 336 g/mol. The SMILES string of the molecule is Cc1ocnc1-c1nc([C@H]2C[C@@H](c3ccccc3)N3CCC[C@H]23)no1. The van der Waals surface area contributed by atoms with Gasteiger partial charge in [-0.15, -0.1) is 0 Å². The summed E-state index contributed by atoms with van der Waals surface area (Å²) in [6, 6.07) is 11.7. The highest BCUT2D eigenvalue weighted by molar-refractivity contribution is 5.48. The van der Waals surface area contributed by atoms with Crippen LogP contribution in [0, 0.1) is 6.92 Å². The van der Waals surface area contributed by atoms with E-state index in [4.69, 9.17) is 8.94 Å². The van der Waals surface area contributed by atoms with E-state index in [0.29, 0.717) is 35.3 Å². The van der Waals surface area contributed by atoms with Gasteiger partial charge in [-0.3, -0.25) is 4.90 Å². The van der Waals surface area contributed by atoms with Gasteiger partial charge in [0.25, 0.3) is 5.89 Å². The molecule has 0 saturated carbocycles. The van der Waals surface area contributed by atoms with Crippen molar-refractivity contribution in [1.82, 2.24) is 20.0 Å². The van der Waals surface area contributed by atoms with Crippen LogP contribution >= 0.6 is 0 Å². The Kier molecular flexibility index (Phi) is 3.45. The lowest BCUT2D eigenvalue weighted by atomic mass is 9.94. The van der Waals surface area contributed by atoms with E-state index in [1.54, 1.807) is 0 Å². The minimum atomic E-state index is 0.303. The summed E-state index contributed by atoms with van der Waals surface area (Å²) in [5, 5.41) is 4.29. The van der Waals surface area contributed by atoms with Crippen LogP contribution in [-0.4, -0.2) is 32.6 Å². The molecule has 0 bridgehead atoms. The fourth-order valence-corrected chi connectivity index (χ4v) is 4.44. The van der Waals surface area contributed by atoms with Crippen molar-refractivity contribution in [2.75, 3.05) is 6.54 Å². The van der Waals surface area contributed by atoms with Crippen molar-refractivity contribution in [3.05, 3.63) is 53.9 Å². The number of aromatic nitrogens is 3. The Balaban J connectivity index is 1.46. The lowest BCUT2D eigenvalue weighted by Crippen LogP contribution is -2.27. The molecule has 25 heavy (non-hydrogen) atoms. The van der Waals surface area contributed by atoms with E-state index in [-0.39, 0.29) is 0 Å². The highest BCUT2D eigenvalue weighted by Gasteiger charge is 2.46. The van der Waals surface area contributed by atoms with E-state index in [9.17, 15) is 0 Å². The van der Waals surface area contributed by atoms with Gasteiger partial charge < -0.3 is 8.94 Å². The number of aryl methyl sites for hydroxylation is 1. The fraction of sp³-hybridized carbons (Fsp3) is 0.421. The molecule has 5 rings (SSSR count). The molecule has 0 spiro atoms. The highest BCUT2D eigenvalue weighted by Crippen LogP contribution is 2.48. The van der Waals surface area contributed by atoms with Crippen molar-refractivity contribution in [3.8, 4) is 11.6 Å². The van der Waals surface area contributed by atoms with Gasteiger partial charge in [0.2, 0.25) is 0 Å². The maximum atomic E-state index is 5.49. The Hall–Kier alpha value is -2.47. The van der Waals surface area contributed by atoms with Crippen LogP contribution in [0.4, 0.5) is 0 Å². The summed E-state index contributed by atoms with van der Waals surface area (Å²) in [5.41, 5.74) is 2.02. The first-order valence-corrected chi connectivity index (χ1v) is 8.86. The van der Waals surface area contributed by atoms with E-state index in [2.05, 4.69) is 50.4 Å². The molecular formula is C19H20N4O2. The minimum Gasteiger partial charge on any atom is -0.448 e. The van der Waals surface area contributed by atoms with Gasteiger partial charge in [-0.2, -0.15) is 4.98 Å². The summed E-state index contributed by atoms with van der Waals surface area (Å²) in [6.45, 7) is 3.00. The van der Waals surface area contributed by atoms with Crippen molar-refractivity contribution < 1.29 is 8.94 Å². The molecule has 128 valence electrons. The standard InChI is InChI=1S/C19H20N4O2/c1-12-17(20-11-24-12)19-21-18(22-25-19)14-10-16(13-6-3-2-4-7-13)23-9-5-8-15(14)23/h2-4,6-7,11,14-16H,5,8-10H2,1H3/t14-,15+,16-/m0/s1. The van der Waals surface area contributed by atoms with E-state index in [1.165, 1.54) is 24.8 Å². The first-order chi connectivity index (χ1) is 12.3. The van der Waals surface area contributed by atoms with Gasteiger partial charge in [0.15, 0.2) is 17.9 Å². The second kappa shape index (κ2) is 5.81. The average Bonchev–Trinajstić information content (AvgIpc) is 3.39. The molecule has 0 unspecified atom stereocenters. The molecule has 0 aliphatic carbocycles. The number of nitrogens with zero attached hydrogens (tertiary/aromatic N) is 4. The lowest BCUT2D eigenvalue weighted by Gasteiger charge is -2.24. The minimum absolute atomic E-state index is 0.303. The topological polar surface area (TPSA) is 68.2 Å². The number of hydrogen-bond donors (Lipinski definition) is 0. The maximum absolute atomic E-state index is 5.49. The van der Waals surface area contributed by atoms with Crippen LogP contribution in [0.3, 0.4) is 0 Å². The molecule has 2 aromatic heterocycles. The molecule has 1 aromatic carbocycles. The molecule has 0 amide bonds. The lowest BCUT2D eigenvalue weighted by molar-refractivity contribution is 0.243. The van der Waals surface area contributed by atoms with E-state index < -0.39 is 0 Å². The molecule has 6 nitrogen and oxygen atoms in total. The van der Waals surface area contributed by atoms with Gasteiger partial charge in [-0.1, -0.05) is 35.5 Å². The third-order valence-electron chi connectivity index (χ3n) is 5.59. The monoisotopic (exact) mass is 336 g/mol. The number of hydrogen-bond acceptors (Lipinski definition) is 6. The molecule has 2 aliphatic rings. The van der Waals surface area contributed by atoms with Crippen molar-refractivity contribution in [2.45, 2.75) is 44.2 Å². The van der Waals surface area contributed by atoms with Crippen molar-refractivity contribution >= 4 is 0 Å². The Labute approximate surface area is 145 Å². The number of fused-ring (bicyclic) bond motifs is 1. The second-order valence-electron chi connectivity index (χ2n) is 6.93. The molecule has 6 heteroatoms. The van der Waals surface area contributed by atoms with Crippen LogP contribution in [0.2, 0.25) is 0 Å². The summed E-state index contributed by atoms with van der Waals surface area (Å²) in [6.07, 6.45) is 4.87. The normalized spacial score (nSPS) is 26.2. The molecule has 0 radical (unpaired) electrons. The van der Waals surface area contributed by atoms with Crippen LogP contribution in [0.5, 0.6) is 0 Å². The van der Waals surface area contributed by atoms with E-state index in [1.807, 2.05) is 6.92 Å². The Bertz CT molecular complexity index is 872. The summed E-state index contributed by atoms with van der Waals surface area (Å²) < 4.78 is 10.7. The van der Waals surface area contributed by atoms with Crippen molar-refractivity contribution in [3.63, 3.8) is 0 Å². The zero-order valence-corrected chi connectivity index (χ0v) is 14.1. The largest absolute Gasteiger partial charge is 0.448 e. The summed E-state index contributed by atoms with van der Waals surface area (Å²) >= 11 is 0. The molecule has 4 heterocycles. The van der Waals surface area contributed by atoms with Gasteiger partial charge in [0, 0.05) is 18.0 Å². The van der Waals surface area contributed by atoms with E-state index >= 15 is 0 Å². The quantitative estimate of drug-likeness (QED) is 0.726. The van der Waals surface area contributed by atoms with Gasteiger partial charge in [0.05, 0.1) is 0 Å². The Morgan fingerprint density at radius 2 is 2.08 bits per heavy atom. The Morgan fingerprint density at radius 3 is 2.88 bits per heavy atom. The number of oxazole rings is 1. The van der Waals surface area contributed by atoms with Crippen molar-refractivity contribution in [2.24, 2.45) is 0 Å². The van der Waals surface area contributed by atoms with Crippen LogP contribution in [0.25, 0.3) is 11.6 Å². The number of rotatable bonds is 3. The first kappa shape index (κ1) is 14.8. The second-order valence-corrected chi connectivity index (χ2v) is 6.93. The van der Waals surface area contributed by atoms with Crippen LogP contribution in [0.1, 0.15) is 48.4 Å². The van der Waals surface area contributed by atoms with Gasteiger partial charge in [-0.05, 0) is 38.3 Å². The third-order valence-corrected chi connectivity index (χ3v) is 5.59. The van der Waals surface area contributed by atoms with Crippen molar-refractivity contribution in [1.29, 1.82) is 0 Å². The molecule has 2 saturated heterocycles. The molecule has 0 N–H and O–H groups in total. The van der Waals surface area contributed by atoms with E-state index in [0.717, 1.165) is 18.8 Å². The van der Waals surface area contributed by atoms with Gasteiger partial charge >= 0.3 is 0 Å². The van der Waals surface area contributed by atoms with Crippen LogP contribution in [-0.2, 0) is 0 Å². The van der Waals surface area contributed by atoms with Crippen LogP contribution in [0.15, 0.2) is 45.7 Å². The Morgan fingerprint density at radius 1 is 1.20 bits per heavy atom. The predicted molar refractivity (Wildman–Crippen MR) is 90.8 cm³/mol. The predicted octanol–water partition coefficient (Wildman–Crippen LogP) is 3.73.